The molecule has 2 unspecified atom stereocenters. The molecule has 2 aliphatic rings. The first-order valence-corrected chi connectivity index (χ1v) is 7.93. The number of ether oxygens (including phenoxy) is 1. The topological polar surface area (TPSA) is 43.4 Å². The van der Waals surface area contributed by atoms with Gasteiger partial charge in [-0.25, -0.2) is 8.42 Å². The van der Waals surface area contributed by atoms with E-state index in [1.807, 2.05) is 13.2 Å². The predicted octanol–water partition coefficient (Wildman–Crippen LogP) is 2.28. The largest absolute Gasteiger partial charge is 0.498 e. The van der Waals surface area contributed by atoms with E-state index in [2.05, 4.69) is 0 Å². The molecule has 1 saturated carbocycles. The summed E-state index contributed by atoms with van der Waals surface area (Å²) in [4.78, 5) is 0. The van der Waals surface area contributed by atoms with E-state index in [4.69, 9.17) is 4.74 Å². The van der Waals surface area contributed by atoms with Gasteiger partial charge in [-0.1, -0.05) is 0 Å². The number of rotatable bonds is 3. The van der Waals surface area contributed by atoms with Crippen LogP contribution in [0.5, 0.6) is 0 Å². The summed E-state index contributed by atoms with van der Waals surface area (Å²) in [5.74, 6) is 0.822. The van der Waals surface area contributed by atoms with Gasteiger partial charge in [0.25, 0.3) is 0 Å². The molecule has 0 bridgehead atoms. The van der Waals surface area contributed by atoms with Crippen LogP contribution in [0, 0.1) is 5.92 Å². The lowest BCUT2D eigenvalue weighted by Gasteiger charge is -2.17. The van der Waals surface area contributed by atoms with Crippen molar-refractivity contribution in [2.75, 3.05) is 11.5 Å². The Hall–Kier alpha value is -0.510. The summed E-state index contributed by atoms with van der Waals surface area (Å²) in [7, 11) is -2.78. The summed E-state index contributed by atoms with van der Waals surface area (Å²) in [6, 6.07) is 0. The van der Waals surface area contributed by atoms with Crippen LogP contribution < -0.4 is 0 Å². The summed E-state index contributed by atoms with van der Waals surface area (Å²) in [5, 5.41) is 0. The number of sulfone groups is 1. The molecule has 2 atom stereocenters. The van der Waals surface area contributed by atoms with Crippen LogP contribution in [0.15, 0.2) is 11.8 Å². The lowest BCUT2D eigenvalue weighted by Crippen LogP contribution is -2.20. The molecule has 0 aromatic carbocycles. The number of allylic oxidation sites excluding steroid dienone is 1. The van der Waals surface area contributed by atoms with Crippen molar-refractivity contribution in [2.45, 2.75) is 45.1 Å². The zero-order valence-corrected chi connectivity index (χ0v) is 10.6. The first-order chi connectivity index (χ1) is 7.57. The number of hydrogen-bond acceptors (Lipinski definition) is 3. The van der Waals surface area contributed by atoms with E-state index in [1.54, 1.807) is 0 Å². The zero-order chi connectivity index (χ0) is 11.6. The van der Waals surface area contributed by atoms with Crippen molar-refractivity contribution < 1.29 is 13.2 Å². The predicted molar refractivity (Wildman–Crippen MR) is 63.9 cm³/mol. The van der Waals surface area contributed by atoms with Crippen LogP contribution in [0.1, 0.15) is 39.0 Å². The van der Waals surface area contributed by atoms with E-state index in [0.717, 1.165) is 19.3 Å². The Balaban J connectivity index is 1.84. The minimum absolute atomic E-state index is 0.0328. The second-order valence-electron chi connectivity index (χ2n) is 4.99. The monoisotopic (exact) mass is 244 g/mol. The van der Waals surface area contributed by atoms with Gasteiger partial charge in [-0.2, -0.15) is 0 Å². The Morgan fingerprint density at radius 3 is 2.62 bits per heavy atom. The Morgan fingerprint density at radius 2 is 2.06 bits per heavy atom. The second-order valence-corrected chi connectivity index (χ2v) is 7.22. The van der Waals surface area contributed by atoms with Gasteiger partial charge in [0.15, 0.2) is 9.84 Å². The van der Waals surface area contributed by atoms with Gasteiger partial charge in [0.05, 0.1) is 23.9 Å². The molecule has 1 saturated heterocycles. The molecule has 3 nitrogen and oxygen atoms in total. The Bertz CT molecular complexity index is 362. The van der Waals surface area contributed by atoms with E-state index in [-0.39, 0.29) is 12.0 Å². The third kappa shape index (κ3) is 3.00. The van der Waals surface area contributed by atoms with Gasteiger partial charge in [-0.05, 0) is 44.6 Å². The van der Waals surface area contributed by atoms with Crippen molar-refractivity contribution >= 4 is 9.84 Å². The average Bonchev–Trinajstić information content (AvgIpc) is 2.83. The first kappa shape index (κ1) is 12.0. The number of hydrogen-bond donors (Lipinski definition) is 0. The van der Waals surface area contributed by atoms with E-state index < -0.39 is 9.84 Å². The highest BCUT2D eigenvalue weighted by molar-refractivity contribution is 7.91. The van der Waals surface area contributed by atoms with Crippen molar-refractivity contribution in [3.8, 4) is 0 Å². The van der Waals surface area contributed by atoms with Crippen molar-refractivity contribution in [1.82, 2.24) is 0 Å². The maximum atomic E-state index is 11.3. The van der Waals surface area contributed by atoms with Crippen LogP contribution in [-0.2, 0) is 14.6 Å². The van der Waals surface area contributed by atoms with Gasteiger partial charge in [-0.3, -0.25) is 0 Å². The third-order valence-electron chi connectivity index (χ3n) is 3.63. The molecule has 1 heterocycles. The summed E-state index contributed by atoms with van der Waals surface area (Å²) in [6.45, 7) is 1.98. The first-order valence-electron chi connectivity index (χ1n) is 6.11. The molecule has 0 spiro atoms. The van der Waals surface area contributed by atoms with Crippen LogP contribution >= 0.6 is 0 Å². The fourth-order valence-electron chi connectivity index (χ4n) is 2.46. The minimum Gasteiger partial charge on any atom is -0.498 e. The van der Waals surface area contributed by atoms with E-state index in [9.17, 15) is 8.42 Å². The van der Waals surface area contributed by atoms with Gasteiger partial charge < -0.3 is 4.74 Å². The smallest absolute Gasteiger partial charge is 0.150 e. The molecule has 16 heavy (non-hydrogen) atoms. The van der Waals surface area contributed by atoms with Gasteiger partial charge in [0.2, 0.25) is 0 Å². The molecule has 0 aromatic heterocycles. The Labute approximate surface area is 97.8 Å². The van der Waals surface area contributed by atoms with Crippen LogP contribution in [-0.4, -0.2) is 26.0 Å². The van der Waals surface area contributed by atoms with Crippen molar-refractivity contribution in [2.24, 2.45) is 5.92 Å². The maximum Gasteiger partial charge on any atom is 0.150 e. The summed E-state index contributed by atoms with van der Waals surface area (Å²) in [5.41, 5.74) is 1.38. The molecule has 92 valence electrons. The SMILES string of the molecule is CC(OC=C1CCCC1)C1CCS(=O)(=O)C1. The molecular weight excluding hydrogens is 224 g/mol. The zero-order valence-electron chi connectivity index (χ0n) is 9.81. The fraction of sp³-hybridized carbons (Fsp3) is 0.833. The lowest BCUT2D eigenvalue weighted by molar-refractivity contribution is 0.111. The Kier molecular flexibility index (Phi) is 3.57. The van der Waals surface area contributed by atoms with Gasteiger partial charge in [0.1, 0.15) is 0 Å². The second kappa shape index (κ2) is 4.78. The summed E-state index contributed by atoms with van der Waals surface area (Å²) >= 11 is 0. The Morgan fingerprint density at radius 1 is 1.38 bits per heavy atom. The normalized spacial score (nSPS) is 30.3. The van der Waals surface area contributed by atoms with Crippen molar-refractivity contribution in [3.63, 3.8) is 0 Å². The van der Waals surface area contributed by atoms with Crippen LogP contribution in [0.3, 0.4) is 0 Å². The van der Waals surface area contributed by atoms with E-state index in [0.29, 0.717) is 11.5 Å². The quantitative estimate of drug-likeness (QED) is 0.715. The highest BCUT2D eigenvalue weighted by Gasteiger charge is 2.32. The molecule has 1 aliphatic carbocycles. The third-order valence-corrected chi connectivity index (χ3v) is 5.42. The summed E-state index contributed by atoms with van der Waals surface area (Å²) < 4.78 is 28.3. The van der Waals surface area contributed by atoms with E-state index in [1.165, 1.54) is 18.4 Å². The molecule has 2 fully saturated rings. The van der Waals surface area contributed by atoms with Gasteiger partial charge in [-0.15, -0.1) is 0 Å². The molecule has 1 aliphatic heterocycles. The van der Waals surface area contributed by atoms with Crippen molar-refractivity contribution in [1.29, 1.82) is 0 Å². The highest BCUT2D eigenvalue weighted by Crippen LogP contribution is 2.26. The fourth-order valence-corrected chi connectivity index (χ4v) is 4.37. The molecular formula is C12H20O3S. The van der Waals surface area contributed by atoms with Gasteiger partial charge in [0, 0.05) is 5.92 Å². The molecule has 0 radical (unpaired) electrons. The standard InChI is InChI=1S/C12H20O3S/c1-10(12-6-7-16(13,14)9-12)15-8-11-4-2-3-5-11/h8,10,12H,2-7,9H2,1H3. The summed E-state index contributed by atoms with van der Waals surface area (Å²) in [6.07, 6.45) is 7.49. The van der Waals surface area contributed by atoms with Crippen LogP contribution in [0.25, 0.3) is 0 Å². The molecule has 0 aromatic rings. The molecule has 0 amide bonds. The van der Waals surface area contributed by atoms with Gasteiger partial charge >= 0.3 is 0 Å². The van der Waals surface area contributed by atoms with Crippen LogP contribution in [0.2, 0.25) is 0 Å². The van der Waals surface area contributed by atoms with Crippen LogP contribution in [0.4, 0.5) is 0 Å². The lowest BCUT2D eigenvalue weighted by atomic mass is 10.0. The maximum absolute atomic E-state index is 11.3. The molecule has 0 N–H and O–H groups in total. The average molecular weight is 244 g/mol. The van der Waals surface area contributed by atoms with Crippen molar-refractivity contribution in [3.05, 3.63) is 11.8 Å². The molecule has 4 heteroatoms. The van der Waals surface area contributed by atoms with E-state index >= 15 is 0 Å². The molecule has 2 rings (SSSR count). The minimum atomic E-state index is -2.78. The highest BCUT2D eigenvalue weighted by atomic mass is 32.2.